The third kappa shape index (κ3) is 5.59. The lowest BCUT2D eigenvalue weighted by Crippen LogP contribution is -2.42. The Hall–Kier alpha value is -4.29. The minimum Gasteiger partial charge on any atom is -0.394 e. The molecule has 1 aliphatic carbocycles. The number of hydrogen-bond donors (Lipinski definition) is 5. The second-order valence-electron chi connectivity index (χ2n) is 11.4. The van der Waals surface area contributed by atoms with Gasteiger partial charge in [-0.2, -0.15) is 4.58 Å². The molecule has 1 aliphatic heterocycles. The van der Waals surface area contributed by atoms with Crippen molar-refractivity contribution in [1.82, 2.24) is 10.6 Å². The van der Waals surface area contributed by atoms with Crippen LogP contribution in [-0.4, -0.2) is 71.0 Å². The zero-order chi connectivity index (χ0) is 31.1. The fraction of sp³-hybridized carbons (Fsp3) is 0.323. The molecule has 0 spiro atoms. The van der Waals surface area contributed by atoms with E-state index < -0.39 is 62.2 Å². The average Bonchev–Trinajstić information content (AvgIpc) is 3.69. The van der Waals surface area contributed by atoms with Crippen molar-refractivity contribution in [3.63, 3.8) is 0 Å². The highest BCUT2D eigenvalue weighted by Gasteiger charge is 2.51. The number of amidine groups is 1. The highest BCUT2D eigenvalue weighted by atomic mass is 32.1. The number of alkyl halides is 2. The molecule has 12 heteroatoms. The fourth-order valence-corrected chi connectivity index (χ4v) is 6.65. The van der Waals surface area contributed by atoms with Crippen LogP contribution in [0.15, 0.2) is 53.9 Å². The number of nitrogens with one attached hydrogen (secondary N) is 3. The summed E-state index contributed by atoms with van der Waals surface area (Å²) in [4.78, 5) is 39.9. The van der Waals surface area contributed by atoms with E-state index in [-0.39, 0.29) is 17.0 Å². The number of aliphatic hydroxyl groups is 1. The predicted molar refractivity (Wildman–Crippen MR) is 159 cm³/mol. The summed E-state index contributed by atoms with van der Waals surface area (Å²) in [6, 6.07) is 13.9. The van der Waals surface area contributed by atoms with Crippen molar-refractivity contribution in [3.8, 4) is 11.1 Å². The van der Waals surface area contributed by atoms with E-state index in [2.05, 4.69) is 30.5 Å². The molecule has 0 saturated heterocycles. The topological polar surface area (TPSA) is 148 Å². The van der Waals surface area contributed by atoms with Crippen molar-refractivity contribution < 1.29 is 32.8 Å². The molecule has 43 heavy (non-hydrogen) atoms. The van der Waals surface area contributed by atoms with Gasteiger partial charge in [-0.3, -0.25) is 15.0 Å². The van der Waals surface area contributed by atoms with E-state index in [9.17, 15) is 23.9 Å². The molecule has 0 unspecified atom stereocenters. The number of rotatable bonds is 9. The Bertz CT molecular complexity index is 1680. The number of nitrogens with zero attached hydrogens (tertiary/aromatic N) is 1. The number of amides is 3. The summed E-state index contributed by atoms with van der Waals surface area (Å²) in [7, 11) is 0. The van der Waals surface area contributed by atoms with Crippen molar-refractivity contribution in [3.05, 3.63) is 81.0 Å². The summed E-state index contributed by atoms with van der Waals surface area (Å²) >= 11 is 1.15. The second-order valence-corrected chi connectivity index (χ2v) is 12.3. The van der Waals surface area contributed by atoms with Gasteiger partial charge in [0, 0.05) is 26.8 Å². The van der Waals surface area contributed by atoms with Crippen LogP contribution in [0.2, 0.25) is 0 Å². The summed E-state index contributed by atoms with van der Waals surface area (Å²) in [6.45, 7) is 1.06. The Labute approximate surface area is 250 Å². The lowest BCUT2D eigenvalue weighted by Gasteiger charge is -2.21. The molecule has 2 aromatic carbocycles. The van der Waals surface area contributed by atoms with Crippen LogP contribution in [0.1, 0.15) is 58.2 Å². The molecule has 3 amide bonds. The van der Waals surface area contributed by atoms with E-state index in [0.29, 0.717) is 16.0 Å². The summed E-state index contributed by atoms with van der Waals surface area (Å²) in [6.07, 6.45) is -0.656. The van der Waals surface area contributed by atoms with Gasteiger partial charge in [-0.25, -0.2) is 13.6 Å². The first-order valence-corrected chi connectivity index (χ1v) is 14.5. The van der Waals surface area contributed by atoms with Crippen molar-refractivity contribution in [2.24, 2.45) is 5.73 Å². The van der Waals surface area contributed by atoms with Gasteiger partial charge in [0.15, 0.2) is 6.54 Å². The molecule has 5 rings (SSSR count). The Morgan fingerprint density at radius 2 is 1.81 bits per heavy atom. The third-order valence-electron chi connectivity index (χ3n) is 8.06. The van der Waals surface area contributed by atoms with Crippen molar-refractivity contribution in [1.29, 1.82) is 5.41 Å². The van der Waals surface area contributed by atoms with Crippen LogP contribution in [0.25, 0.3) is 11.1 Å². The molecule has 224 valence electrons. The molecule has 2 atom stereocenters. The van der Waals surface area contributed by atoms with Crippen LogP contribution in [0.5, 0.6) is 0 Å². The first-order chi connectivity index (χ1) is 20.4. The van der Waals surface area contributed by atoms with E-state index in [4.69, 9.17) is 11.1 Å². The van der Waals surface area contributed by atoms with Crippen LogP contribution in [0.3, 0.4) is 0 Å². The van der Waals surface area contributed by atoms with Crippen LogP contribution >= 0.6 is 11.3 Å². The molecule has 0 saturated carbocycles. The summed E-state index contributed by atoms with van der Waals surface area (Å²) in [5, 5.41) is 24.1. The molecule has 0 radical (unpaired) electrons. The van der Waals surface area contributed by atoms with Gasteiger partial charge in [-0.1, -0.05) is 44.2 Å². The van der Waals surface area contributed by atoms with E-state index in [1.54, 1.807) is 17.5 Å². The first-order valence-electron chi connectivity index (χ1n) is 13.7. The van der Waals surface area contributed by atoms with Gasteiger partial charge in [0.1, 0.15) is 19.1 Å². The molecule has 6 N–H and O–H groups in total. The van der Waals surface area contributed by atoms with E-state index in [1.165, 1.54) is 6.07 Å². The number of carbonyl (C=O) groups is 3. The number of fused-ring (bicyclic) bond motifs is 3. The zero-order valence-electron chi connectivity index (χ0n) is 23.7. The molecule has 2 aliphatic rings. The highest BCUT2D eigenvalue weighted by molar-refractivity contribution is 7.10. The van der Waals surface area contributed by atoms with Gasteiger partial charge >= 0.3 is 11.8 Å². The number of nitrogens with two attached hydrogens (primary N) is 1. The SMILES string of the molecule is CC1(C)c2ccccc2-c2cc(C(=O)NCC(=O)[N+]3=C(C(=O)N[C@H](CO)c4cc(C(=N)N)cs4)C[C@](F)(CF)C3)ccc21. The molecule has 1 aromatic heterocycles. The molecule has 0 fully saturated rings. The average molecular weight is 609 g/mol. The fourth-order valence-electron chi connectivity index (χ4n) is 5.70. The maximum absolute atomic E-state index is 15.1. The number of halogens is 2. The Balaban J connectivity index is 1.32. The molecule has 2 heterocycles. The maximum atomic E-state index is 15.1. The van der Waals surface area contributed by atoms with Crippen molar-refractivity contribution in [2.45, 2.75) is 37.4 Å². The van der Waals surface area contributed by atoms with Crippen molar-refractivity contribution in [2.75, 3.05) is 26.4 Å². The van der Waals surface area contributed by atoms with Gasteiger partial charge in [-0.15, -0.1) is 11.3 Å². The first kappa shape index (κ1) is 30.2. The smallest absolute Gasteiger partial charge is 0.394 e. The monoisotopic (exact) mass is 608 g/mol. The Kier molecular flexibility index (Phi) is 8.01. The number of aliphatic hydroxyl groups excluding tert-OH is 1. The molecule has 3 aromatic rings. The number of thiophene rings is 1. The normalized spacial score (nSPS) is 19.0. The lowest BCUT2D eigenvalue weighted by molar-refractivity contribution is -0.451. The summed E-state index contributed by atoms with van der Waals surface area (Å²) in [5.74, 6) is -2.35. The van der Waals surface area contributed by atoms with Crippen molar-refractivity contribution >= 4 is 40.6 Å². The molecular formula is C31H32F2N5O4S+. The van der Waals surface area contributed by atoms with E-state index in [0.717, 1.165) is 38.2 Å². The standard InChI is InChI=1S/C31H31F2N5O4S/c1-30(2)21-6-4-3-5-19(21)20-9-17(7-8-22(20)30)28(41)36-12-26(40)38-16-31(33,15-32)11-24(38)29(42)37-23(13-39)25-10-18(14-43-25)27(34)35/h3-10,14,23,39H,11-13,15-16H2,1-2H3,(H4-,34,35,36,37,41,42)/p+1/t23-,31+/m1/s1. The minimum atomic E-state index is -2.47. The number of nitrogen functional groups attached to an aromatic ring is 1. The predicted octanol–water partition coefficient (Wildman–Crippen LogP) is 2.98. The van der Waals surface area contributed by atoms with Gasteiger partial charge < -0.3 is 21.5 Å². The molecular weight excluding hydrogens is 576 g/mol. The summed E-state index contributed by atoms with van der Waals surface area (Å²) in [5.41, 5.74) is 7.41. The lowest BCUT2D eigenvalue weighted by atomic mass is 9.82. The van der Waals surface area contributed by atoms with Crippen LogP contribution < -0.4 is 16.4 Å². The van der Waals surface area contributed by atoms with Crippen LogP contribution in [-0.2, 0) is 15.0 Å². The Morgan fingerprint density at radius 3 is 2.49 bits per heavy atom. The summed E-state index contributed by atoms with van der Waals surface area (Å²) < 4.78 is 29.6. The highest BCUT2D eigenvalue weighted by Crippen LogP contribution is 2.48. The number of carbonyl (C=O) groups excluding carboxylic acids is 3. The van der Waals surface area contributed by atoms with E-state index >= 15 is 4.39 Å². The molecule has 9 nitrogen and oxygen atoms in total. The van der Waals surface area contributed by atoms with Crippen LogP contribution in [0, 0.1) is 5.41 Å². The van der Waals surface area contributed by atoms with Gasteiger partial charge in [0.05, 0.1) is 19.1 Å². The van der Waals surface area contributed by atoms with E-state index in [1.807, 2.05) is 24.3 Å². The third-order valence-corrected chi connectivity index (χ3v) is 9.11. The largest absolute Gasteiger partial charge is 0.406 e. The molecule has 0 bridgehead atoms. The van der Waals surface area contributed by atoms with Gasteiger partial charge in [-0.05, 0) is 40.5 Å². The maximum Gasteiger partial charge on any atom is 0.406 e. The van der Waals surface area contributed by atoms with Crippen LogP contribution in [0.4, 0.5) is 8.78 Å². The minimum absolute atomic E-state index is 0.187. The number of benzene rings is 2. The Morgan fingerprint density at radius 1 is 1.09 bits per heavy atom. The zero-order valence-corrected chi connectivity index (χ0v) is 24.5. The van der Waals surface area contributed by atoms with Gasteiger partial charge in [0.2, 0.25) is 5.67 Å². The second kappa shape index (κ2) is 11.4. The quantitative estimate of drug-likeness (QED) is 0.144. The number of hydrogen-bond acceptors (Lipinski definition) is 6. The van der Waals surface area contributed by atoms with Gasteiger partial charge in [0.25, 0.3) is 11.6 Å².